The van der Waals surface area contributed by atoms with E-state index < -0.39 is 29.0 Å². The maximum atomic E-state index is 13.6. The van der Waals surface area contributed by atoms with Crippen molar-refractivity contribution in [2.45, 2.75) is 17.6 Å². The smallest absolute Gasteiger partial charge is 0.325 e. The molecular formula is C22H14ClF4N3OS. The van der Waals surface area contributed by atoms with Gasteiger partial charge >= 0.3 is 6.18 Å². The van der Waals surface area contributed by atoms with Gasteiger partial charge in [-0.1, -0.05) is 23.7 Å². The summed E-state index contributed by atoms with van der Waals surface area (Å²) in [5, 5.41) is 12.2. The minimum absolute atomic E-state index is 0.0510. The minimum Gasteiger partial charge on any atom is -0.325 e. The van der Waals surface area contributed by atoms with Crippen LogP contribution < -0.4 is 5.32 Å². The standard InChI is InChI=1S/C22H14ClF4N3OS/c23-17-3-1-2-4-18(17)29-20(31)9-10-32-21-15(12-28)16(22(25,26)27)11-19(30-21)13-5-7-14(24)8-6-13/h1-8,11H,9-10H2,(H,29,31). The van der Waals surface area contributed by atoms with Crippen molar-refractivity contribution in [1.29, 1.82) is 5.26 Å². The Bertz CT molecular complexity index is 1180. The average Bonchev–Trinajstić information content (AvgIpc) is 2.74. The number of para-hydroxylation sites is 1. The molecule has 0 unspecified atom stereocenters. The Labute approximate surface area is 190 Å². The van der Waals surface area contributed by atoms with E-state index in [9.17, 15) is 27.6 Å². The molecule has 1 N–H and O–H groups in total. The Morgan fingerprint density at radius 2 is 1.84 bits per heavy atom. The van der Waals surface area contributed by atoms with Gasteiger partial charge in [0.1, 0.15) is 16.9 Å². The molecule has 1 amide bonds. The molecular weight excluding hydrogens is 466 g/mol. The topological polar surface area (TPSA) is 65.8 Å². The summed E-state index contributed by atoms with van der Waals surface area (Å²) in [6.07, 6.45) is -4.84. The number of nitrogens with one attached hydrogen (secondary N) is 1. The van der Waals surface area contributed by atoms with Crippen LogP contribution in [0.1, 0.15) is 17.5 Å². The number of benzene rings is 2. The minimum atomic E-state index is -4.79. The monoisotopic (exact) mass is 479 g/mol. The largest absolute Gasteiger partial charge is 0.417 e. The Hall–Kier alpha value is -3.09. The molecule has 0 aliphatic heterocycles. The van der Waals surface area contributed by atoms with Crippen LogP contribution in [0.3, 0.4) is 0 Å². The molecule has 0 aliphatic carbocycles. The van der Waals surface area contributed by atoms with Crippen LogP contribution in [0.5, 0.6) is 0 Å². The summed E-state index contributed by atoms with van der Waals surface area (Å²) in [4.78, 5) is 16.3. The van der Waals surface area contributed by atoms with Crippen LogP contribution in [-0.4, -0.2) is 16.6 Å². The van der Waals surface area contributed by atoms with Gasteiger partial charge in [0.15, 0.2) is 0 Å². The van der Waals surface area contributed by atoms with Gasteiger partial charge in [-0.3, -0.25) is 4.79 Å². The van der Waals surface area contributed by atoms with Crippen LogP contribution in [0, 0.1) is 17.1 Å². The molecule has 32 heavy (non-hydrogen) atoms. The first-order valence-corrected chi connectivity index (χ1v) is 10.5. The number of nitrogens with zero attached hydrogens (tertiary/aromatic N) is 2. The number of carbonyl (C=O) groups excluding carboxylic acids is 1. The SMILES string of the molecule is N#Cc1c(C(F)(F)F)cc(-c2ccc(F)cc2)nc1SCCC(=O)Nc1ccccc1Cl. The number of halogens is 5. The van der Waals surface area contributed by atoms with E-state index in [-0.39, 0.29) is 28.5 Å². The van der Waals surface area contributed by atoms with Crippen molar-refractivity contribution >= 4 is 35.0 Å². The Morgan fingerprint density at radius 3 is 2.47 bits per heavy atom. The van der Waals surface area contributed by atoms with E-state index in [2.05, 4.69) is 10.3 Å². The predicted molar refractivity (Wildman–Crippen MR) is 115 cm³/mol. The van der Waals surface area contributed by atoms with Crippen LogP contribution in [0.4, 0.5) is 23.2 Å². The third-order valence-corrected chi connectivity index (χ3v) is 5.57. The number of amides is 1. The quantitative estimate of drug-likeness (QED) is 0.321. The molecule has 164 valence electrons. The van der Waals surface area contributed by atoms with Gasteiger partial charge in [-0.15, -0.1) is 11.8 Å². The summed E-state index contributed by atoms with van der Waals surface area (Å²) < 4.78 is 53.9. The molecule has 2 aromatic carbocycles. The number of alkyl halides is 3. The molecule has 10 heteroatoms. The highest BCUT2D eigenvalue weighted by atomic mass is 35.5. The fraction of sp³-hybridized carbons (Fsp3) is 0.136. The molecule has 0 radical (unpaired) electrons. The summed E-state index contributed by atoms with van der Waals surface area (Å²) in [6, 6.07) is 13.8. The lowest BCUT2D eigenvalue weighted by atomic mass is 10.1. The molecule has 1 heterocycles. The van der Waals surface area contributed by atoms with Crippen molar-refractivity contribution < 1.29 is 22.4 Å². The third kappa shape index (κ3) is 5.78. The Kier molecular flexibility index (Phi) is 7.38. The first-order valence-electron chi connectivity index (χ1n) is 9.14. The lowest BCUT2D eigenvalue weighted by Crippen LogP contribution is -2.13. The predicted octanol–water partition coefficient (Wildman–Crippen LogP) is 6.55. The molecule has 0 saturated heterocycles. The number of rotatable bonds is 6. The van der Waals surface area contributed by atoms with E-state index in [4.69, 9.17) is 11.6 Å². The number of thioether (sulfide) groups is 1. The first kappa shape index (κ1) is 23.6. The summed E-state index contributed by atoms with van der Waals surface area (Å²) in [5.74, 6) is -0.866. The van der Waals surface area contributed by atoms with Gasteiger partial charge in [-0.2, -0.15) is 18.4 Å². The zero-order valence-electron chi connectivity index (χ0n) is 16.2. The van der Waals surface area contributed by atoms with Crippen molar-refractivity contribution in [2.75, 3.05) is 11.1 Å². The molecule has 0 atom stereocenters. The number of hydrogen-bond acceptors (Lipinski definition) is 4. The number of nitriles is 1. The zero-order chi connectivity index (χ0) is 23.3. The van der Waals surface area contributed by atoms with E-state index in [0.717, 1.165) is 30.0 Å². The lowest BCUT2D eigenvalue weighted by molar-refractivity contribution is -0.138. The Balaban J connectivity index is 1.83. The summed E-state index contributed by atoms with van der Waals surface area (Å²) >= 11 is 6.84. The second kappa shape index (κ2) is 10.0. The van der Waals surface area contributed by atoms with E-state index >= 15 is 0 Å². The van der Waals surface area contributed by atoms with Crippen LogP contribution in [-0.2, 0) is 11.0 Å². The highest BCUT2D eigenvalue weighted by molar-refractivity contribution is 7.99. The molecule has 1 aromatic heterocycles. The molecule has 4 nitrogen and oxygen atoms in total. The molecule has 0 bridgehead atoms. The van der Waals surface area contributed by atoms with Crippen molar-refractivity contribution in [2.24, 2.45) is 0 Å². The molecule has 0 spiro atoms. The second-order valence-electron chi connectivity index (χ2n) is 6.48. The molecule has 0 fully saturated rings. The maximum Gasteiger partial charge on any atom is 0.417 e. The second-order valence-corrected chi connectivity index (χ2v) is 7.97. The first-order chi connectivity index (χ1) is 15.2. The fourth-order valence-corrected chi connectivity index (χ4v) is 3.87. The Morgan fingerprint density at radius 1 is 1.16 bits per heavy atom. The summed E-state index contributed by atoms with van der Waals surface area (Å²) in [7, 11) is 0. The van der Waals surface area contributed by atoms with Gasteiger partial charge in [0.25, 0.3) is 0 Å². The highest BCUT2D eigenvalue weighted by Gasteiger charge is 2.36. The molecule has 0 aliphatic rings. The highest BCUT2D eigenvalue weighted by Crippen LogP contribution is 2.38. The van der Waals surface area contributed by atoms with Crippen LogP contribution >= 0.6 is 23.4 Å². The fourth-order valence-electron chi connectivity index (χ4n) is 2.74. The van der Waals surface area contributed by atoms with Crippen LogP contribution in [0.15, 0.2) is 59.6 Å². The van der Waals surface area contributed by atoms with E-state index in [1.807, 2.05) is 0 Å². The molecule has 3 rings (SSSR count). The average molecular weight is 480 g/mol. The van der Waals surface area contributed by atoms with Gasteiger partial charge in [-0.05, 0) is 42.5 Å². The van der Waals surface area contributed by atoms with Crippen molar-refractivity contribution in [3.8, 4) is 17.3 Å². The van der Waals surface area contributed by atoms with Crippen molar-refractivity contribution in [3.05, 3.63) is 76.6 Å². The van der Waals surface area contributed by atoms with E-state index in [0.29, 0.717) is 10.7 Å². The van der Waals surface area contributed by atoms with Gasteiger partial charge in [0.05, 0.1) is 27.5 Å². The molecule has 3 aromatic rings. The molecule has 0 saturated carbocycles. The number of anilines is 1. The van der Waals surface area contributed by atoms with Gasteiger partial charge in [0.2, 0.25) is 5.91 Å². The van der Waals surface area contributed by atoms with Crippen molar-refractivity contribution in [1.82, 2.24) is 4.98 Å². The summed E-state index contributed by atoms with van der Waals surface area (Å²) in [5.41, 5.74) is -1.14. The zero-order valence-corrected chi connectivity index (χ0v) is 17.8. The van der Waals surface area contributed by atoms with E-state index in [1.54, 1.807) is 30.3 Å². The number of pyridine rings is 1. The number of hydrogen-bond donors (Lipinski definition) is 1. The van der Waals surface area contributed by atoms with E-state index in [1.165, 1.54) is 12.1 Å². The van der Waals surface area contributed by atoms with Gasteiger partial charge < -0.3 is 5.32 Å². The van der Waals surface area contributed by atoms with Crippen LogP contribution in [0.25, 0.3) is 11.3 Å². The summed E-state index contributed by atoms with van der Waals surface area (Å²) in [6.45, 7) is 0. The number of carbonyl (C=O) groups is 1. The lowest BCUT2D eigenvalue weighted by Gasteiger charge is -2.14. The van der Waals surface area contributed by atoms with Crippen molar-refractivity contribution in [3.63, 3.8) is 0 Å². The van der Waals surface area contributed by atoms with Crippen LogP contribution in [0.2, 0.25) is 5.02 Å². The number of aromatic nitrogens is 1. The maximum absolute atomic E-state index is 13.6. The normalized spacial score (nSPS) is 11.1. The van der Waals surface area contributed by atoms with Gasteiger partial charge in [-0.25, -0.2) is 9.37 Å². The third-order valence-electron chi connectivity index (χ3n) is 4.26. The van der Waals surface area contributed by atoms with Gasteiger partial charge in [0, 0.05) is 17.7 Å².